The van der Waals surface area contributed by atoms with E-state index in [0.717, 1.165) is 41.8 Å². The van der Waals surface area contributed by atoms with Gasteiger partial charge >= 0.3 is 18.1 Å². The normalized spacial score (nSPS) is 11.1. The number of carboxylic acid groups (broad SMARTS) is 1. The summed E-state index contributed by atoms with van der Waals surface area (Å²) in [5.41, 5.74) is 0.968. The highest BCUT2D eigenvalue weighted by molar-refractivity contribution is 8.00. The van der Waals surface area contributed by atoms with Gasteiger partial charge in [0, 0.05) is 22.7 Å². The number of amides is 1. The van der Waals surface area contributed by atoms with Crippen LogP contribution < -0.4 is 14.2 Å². The molecule has 258 valence electrons. The number of nitrogens with one attached hydrogen (secondary N) is 1. The Labute approximate surface area is 287 Å². The first kappa shape index (κ1) is 36.9. The van der Waals surface area contributed by atoms with Gasteiger partial charge in [0.15, 0.2) is 0 Å². The summed E-state index contributed by atoms with van der Waals surface area (Å²) < 4.78 is 53.2. The van der Waals surface area contributed by atoms with Crippen LogP contribution in [0.2, 0.25) is 0 Å². The molecule has 0 spiro atoms. The van der Waals surface area contributed by atoms with Gasteiger partial charge in [0.25, 0.3) is 5.91 Å². The lowest BCUT2D eigenvalue weighted by Gasteiger charge is -2.21. The minimum Gasteiger partial charge on any atom is -0.494 e. The van der Waals surface area contributed by atoms with Crippen LogP contribution in [0.5, 0.6) is 11.5 Å². The summed E-state index contributed by atoms with van der Waals surface area (Å²) in [5, 5.41) is 9.46. The molecule has 0 fully saturated rings. The largest absolute Gasteiger partial charge is 0.494 e. The molecular formula is C37H37F3N2O6S. The van der Waals surface area contributed by atoms with Gasteiger partial charge in [0.1, 0.15) is 18.0 Å². The van der Waals surface area contributed by atoms with Crippen molar-refractivity contribution in [2.24, 2.45) is 0 Å². The van der Waals surface area contributed by atoms with Crippen LogP contribution in [-0.2, 0) is 17.5 Å². The molecule has 0 aliphatic heterocycles. The average molecular weight is 695 g/mol. The van der Waals surface area contributed by atoms with Crippen molar-refractivity contribution in [3.05, 3.63) is 119 Å². The Bertz CT molecular complexity index is 1680. The predicted octanol–water partition coefficient (Wildman–Crippen LogP) is 9.12. The van der Waals surface area contributed by atoms with Gasteiger partial charge in [0.05, 0.1) is 17.7 Å². The molecule has 4 aromatic carbocycles. The molecule has 4 aromatic rings. The summed E-state index contributed by atoms with van der Waals surface area (Å²) in [6, 6.07) is 24.2. The second kappa shape index (κ2) is 18.0. The lowest BCUT2D eigenvalue weighted by Crippen LogP contribution is -2.35. The molecule has 0 saturated heterocycles. The van der Waals surface area contributed by atoms with E-state index < -0.39 is 36.1 Å². The number of rotatable bonds is 17. The fourth-order valence-corrected chi connectivity index (χ4v) is 5.42. The Morgan fingerprint density at radius 3 is 2.12 bits per heavy atom. The highest BCUT2D eigenvalue weighted by atomic mass is 32.2. The number of nitrogens with zero attached hydrogens (tertiary/aromatic N) is 1. The maximum absolute atomic E-state index is 13.3. The van der Waals surface area contributed by atoms with Crippen molar-refractivity contribution in [1.82, 2.24) is 4.90 Å². The summed E-state index contributed by atoms with van der Waals surface area (Å²) in [6.07, 6.45) is 1.24. The lowest BCUT2D eigenvalue weighted by molar-refractivity contribution is -0.138. The highest BCUT2D eigenvalue weighted by Crippen LogP contribution is 2.32. The van der Waals surface area contributed by atoms with Gasteiger partial charge in [-0.25, -0.2) is 4.79 Å². The molecule has 0 aliphatic carbocycles. The molecule has 0 aromatic heterocycles. The number of alkyl halides is 3. The summed E-state index contributed by atoms with van der Waals surface area (Å²) in [7, 11) is 0. The molecule has 0 aliphatic rings. The Balaban J connectivity index is 1.30. The third-order valence-corrected chi connectivity index (χ3v) is 8.13. The van der Waals surface area contributed by atoms with Crippen molar-refractivity contribution in [2.45, 2.75) is 56.6 Å². The van der Waals surface area contributed by atoms with Gasteiger partial charge in [0.2, 0.25) is 0 Å². The molecule has 8 nitrogen and oxygen atoms in total. The van der Waals surface area contributed by atoms with Crippen LogP contribution in [0.25, 0.3) is 0 Å². The van der Waals surface area contributed by atoms with Crippen molar-refractivity contribution >= 4 is 35.5 Å². The molecule has 12 heteroatoms. The van der Waals surface area contributed by atoms with E-state index in [9.17, 15) is 32.7 Å². The van der Waals surface area contributed by atoms with Crippen LogP contribution in [0.1, 0.15) is 70.9 Å². The predicted molar refractivity (Wildman–Crippen MR) is 182 cm³/mol. The number of ether oxygens (including phenoxy) is 2. The summed E-state index contributed by atoms with van der Waals surface area (Å²) >= 11 is 0.984. The Hall–Kier alpha value is -4.97. The minimum atomic E-state index is -4.45. The Kier molecular flexibility index (Phi) is 13.5. The number of benzene rings is 4. The number of carbonyl (C=O) groups excluding carboxylic acids is 2. The molecule has 0 unspecified atom stereocenters. The second-order valence-corrected chi connectivity index (χ2v) is 12.1. The molecular weight excluding hydrogens is 657 g/mol. The smallest absolute Gasteiger partial charge is 0.416 e. The molecule has 4 rings (SSSR count). The molecule has 2 N–H and O–H groups in total. The van der Waals surface area contributed by atoms with Gasteiger partial charge < -0.3 is 24.2 Å². The number of hydrogen-bond donors (Lipinski definition) is 2. The zero-order valence-electron chi connectivity index (χ0n) is 26.9. The molecule has 1 amide bonds. The number of carbonyl (C=O) groups is 3. The van der Waals surface area contributed by atoms with E-state index in [0.29, 0.717) is 34.1 Å². The Morgan fingerprint density at radius 1 is 0.816 bits per heavy atom. The summed E-state index contributed by atoms with van der Waals surface area (Å²) in [4.78, 5) is 39.0. The van der Waals surface area contributed by atoms with Gasteiger partial charge in [-0.05, 0) is 103 Å². The van der Waals surface area contributed by atoms with Crippen LogP contribution in [0.3, 0.4) is 0 Å². The first-order valence-corrected chi connectivity index (χ1v) is 16.6. The van der Waals surface area contributed by atoms with Crippen LogP contribution in [0.15, 0.2) is 102 Å². The van der Waals surface area contributed by atoms with Crippen molar-refractivity contribution in [2.75, 3.05) is 17.9 Å². The zero-order valence-corrected chi connectivity index (χ0v) is 27.7. The van der Waals surface area contributed by atoms with Crippen molar-refractivity contribution < 1.29 is 42.1 Å². The van der Waals surface area contributed by atoms with Crippen LogP contribution >= 0.6 is 11.9 Å². The van der Waals surface area contributed by atoms with Gasteiger partial charge in [-0.2, -0.15) is 13.2 Å². The molecule has 0 bridgehead atoms. The first-order chi connectivity index (χ1) is 23.5. The van der Waals surface area contributed by atoms with Crippen LogP contribution in [-0.4, -0.2) is 41.0 Å². The Morgan fingerprint density at radius 2 is 1.47 bits per heavy atom. The topological polar surface area (TPSA) is 105 Å². The second-order valence-electron chi connectivity index (χ2n) is 11.2. The summed E-state index contributed by atoms with van der Waals surface area (Å²) in [5.74, 6) is -1.31. The quantitative estimate of drug-likeness (QED) is 0.0488. The number of unbranched alkanes of at least 4 members (excludes halogenated alkanes) is 4. The maximum Gasteiger partial charge on any atom is 0.416 e. The van der Waals surface area contributed by atoms with Gasteiger partial charge in [-0.15, -0.1) is 0 Å². The number of carboxylic acids is 1. The third kappa shape index (κ3) is 11.9. The molecule has 49 heavy (non-hydrogen) atoms. The zero-order chi connectivity index (χ0) is 35.2. The first-order valence-electron chi connectivity index (χ1n) is 15.8. The van der Waals surface area contributed by atoms with Gasteiger partial charge in [-0.3, -0.25) is 9.59 Å². The molecule has 0 heterocycles. The van der Waals surface area contributed by atoms with Crippen LogP contribution in [0, 0.1) is 0 Å². The molecule has 0 saturated carbocycles. The highest BCUT2D eigenvalue weighted by Gasteiger charge is 2.30. The number of esters is 1. The lowest BCUT2D eigenvalue weighted by atomic mass is 10.1. The third-order valence-electron chi connectivity index (χ3n) is 7.31. The standard InChI is InChI=1S/C37H37F3N2O6S/c1-2-3-4-5-6-22-47-31-20-14-28(15-21-31)36(46)48-32-18-10-26(11-19-32)24-42(25-34(43)44)35(45)27-12-16-30(17-13-27)41-49-33-9-7-8-29(23-33)37(38,39)40/h7-21,23,41H,2-6,22,24-25H2,1H3,(H,43,44). The molecule has 0 radical (unpaired) electrons. The van der Waals surface area contributed by atoms with Gasteiger partial charge in [-0.1, -0.05) is 50.8 Å². The number of halogens is 3. The monoisotopic (exact) mass is 694 g/mol. The fraction of sp³-hybridized carbons (Fsp3) is 0.270. The van der Waals surface area contributed by atoms with Crippen LogP contribution in [0.4, 0.5) is 18.9 Å². The van der Waals surface area contributed by atoms with Crippen molar-refractivity contribution in [3.63, 3.8) is 0 Å². The van der Waals surface area contributed by atoms with E-state index >= 15 is 0 Å². The average Bonchev–Trinajstić information content (AvgIpc) is 3.09. The maximum atomic E-state index is 13.3. The molecule has 0 atom stereocenters. The van der Waals surface area contributed by atoms with E-state index in [1.165, 1.54) is 43.5 Å². The van der Waals surface area contributed by atoms with E-state index in [4.69, 9.17) is 9.47 Å². The van der Waals surface area contributed by atoms with Crippen molar-refractivity contribution in [3.8, 4) is 11.5 Å². The van der Waals surface area contributed by atoms with E-state index in [1.807, 2.05) is 0 Å². The number of anilines is 1. The van der Waals surface area contributed by atoms with E-state index in [1.54, 1.807) is 60.7 Å². The number of hydrogen-bond acceptors (Lipinski definition) is 7. The van der Waals surface area contributed by atoms with E-state index in [-0.39, 0.29) is 17.9 Å². The minimum absolute atomic E-state index is 0.0230. The number of aliphatic carboxylic acids is 1. The fourth-order valence-electron chi connectivity index (χ4n) is 4.71. The van der Waals surface area contributed by atoms with E-state index in [2.05, 4.69) is 11.6 Å². The summed E-state index contributed by atoms with van der Waals surface area (Å²) in [6.45, 7) is 2.21. The SMILES string of the molecule is CCCCCCCOc1ccc(C(=O)Oc2ccc(CN(CC(=O)O)C(=O)c3ccc(NSc4cccc(C(F)(F)F)c4)cc3)cc2)cc1. The van der Waals surface area contributed by atoms with Crippen molar-refractivity contribution in [1.29, 1.82) is 0 Å².